The molecule has 3 nitrogen and oxygen atoms in total. The molecule has 3 rings (SSSR count). The minimum Gasteiger partial charge on any atom is -0.397 e. The van der Waals surface area contributed by atoms with E-state index in [0.717, 1.165) is 18.7 Å². The highest BCUT2D eigenvalue weighted by Crippen LogP contribution is 2.40. The lowest BCUT2D eigenvalue weighted by Crippen LogP contribution is -2.31. The minimum atomic E-state index is 0.318. The molecule has 2 fully saturated rings. The second kappa shape index (κ2) is 4.80. The van der Waals surface area contributed by atoms with Crippen LogP contribution in [0.4, 0.5) is 11.4 Å². The van der Waals surface area contributed by atoms with E-state index in [4.69, 9.17) is 33.7 Å². The molecule has 0 bridgehead atoms. The van der Waals surface area contributed by atoms with Crippen LogP contribution in [0.3, 0.4) is 0 Å². The van der Waals surface area contributed by atoms with Crippen LogP contribution in [0.25, 0.3) is 0 Å². The zero-order chi connectivity index (χ0) is 12.7. The molecule has 3 N–H and O–H groups in total. The third-order valence-electron chi connectivity index (χ3n) is 3.66. The quantitative estimate of drug-likeness (QED) is 0.836. The van der Waals surface area contributed by atoms with E-state index in [-0.39, 0.29) is 0 Å². The first-order valence-electron chi connectivity index (χ1n) is 6.28. The number of hydrogen-bond acceptors (Lipinski definition) is 3. The second-order valence-electron chi connectivity index (χ2n) is 5.07. The molecule has 1 aliphatic heterocycles. The van der Waals surface area contributed by atoms with Crippen LogP contribution >= 0.6 is 23.2 Å². The topological polar surface area (TPSA) is 47.3 Å². The number of hydrogen-bond donors (Lipinski definition) is 2. The van der Waals surface area contributed by atoms with Gasteiger partial charge in [-0.1, -0.05) is 23.2 Å². The predicted molar refractivity (Wildman–Crippen MR) is 75.4 cm³/mol. The first-order valence-corrected chi connectivity index (χ1v) is 7.03. The van der Waals surface area contributed by atoms with Crippen molar-refractivity contribution in [3.05, 3.63) is 22.2 Å². The van der Waals surface area contributed by atoms with Gasteiger partial charge in [-0.15, -0.1) is 0 Å². The Bertz CT molecular complexity index is 463. The highest BCUT2D eigenvalue weighted by atomic mass is 35.5. The van der Waals surface area contributed by atoms with Gasteiger partial charge in [0.25, 0.3) is 0 Å². The molecule has 0 spiro atoms. The maximum Gasteiger partial charge on any atom is 0.0804 e. The molecule has 1 saturated heterocycles. The van der Waals surface area contributed by atoms with Crippen molar-refractivity contribution in [3.63, 3.8) is 0 Å². The van der Waals surface area contributed by atoms with E-state index in [0.29, 0.717) is 33.8 Å². The maximum atomic E-state index is 6.02. The summed E-state index contributed by atoms with van der Waals surface area (Å²) in [6.07, 6.45) is 3.89. The van der Waals surface area contributed by atoms with Crippen LogP contribution < -0.4 is 11.1 Å². The van der Waals surface area contributed by atoms with Crippen molar-refractivity contribution in [1.29, 1.82) is 0 Å². The highest BCUT2D eigenvalue weighted by Gasteiger charge is 2.40. The fraction of sp³-hybridized carbons (Fsp3) is 0.538. The summed E-state index contributed by atoms with van der Waals surface area (Å²) in [4.78, 5) is 0. The number of rotatable bonds is 3. The number of nitrogens with one attached hydrogen (secondary N) is 1. The molecule has 98 valence electrons. The van der Waals surface area contributed by atoms with Gasteiger partial charge in [-0.05, 0) is 37.3 Å². The van der Waals surface area contributed by atoms with Crippen LogP contribution in [0.2, 0.25) is 10.0 Å². The maximum absolute atomic E-state index is 6.02. The molecule has 5 heteroatoms. The Kier molecular flexibility index (Phi) is 3.31. The Balaban J connectivity index is 1.77. The Morgan fingerprint density at radius 1 is 1.17 bits per heavy atom. The Labute approximate surface area is 117 Å². The molecule has 1 aliphatic carbocycles. The summed E-state index contributed by atoms with van der Waals surface area (Å²) in [5.74, 6) is 0.717. The molecule has 1 heterocycles. The van der Waals surface area contributed by atoms with Gasteiger partial charge in [-0.3, -0.25) is 0 Å². The van der Waals surface area contributed by atoms with Crippen LogP contribution in [0.5, 0.6) is 0 Å². The molecule has 0 aromatic heterocycles. The lowest BCUT2D eigenvalue weighted by Gasteiger charge is -2.21. The van der Waals surface area contributed by atoms with E-state index in [9.17, 15) is 0 Å². The molecule has 1 aromatic rings. The van der Waals surface area contributed by atoms with E-state index in [2.05, 4.69) is 5.32 Å². The lowest BCUT2D eigenvalue weighted by atomic mass is 10.1. The minimum absolute atomic E-state index is 0.318. The molecule has 2 atom stereocenters. The van der Waals surface area contributed by atoms with Gasteiger partial charge in [-0.25, -0.2) is 0 Å². The molecule has 1 saturated carbocycles. The number of halogens is 2. The van der Waals surface area contributed by atoms with Crippen molar-refractivity contribution in [1.82, 2.24) is 0 Å². The molecule has 18 heavy (non-hydrogen) atoms. The average molecular weight is 287 g/mol. The third kappa shape index (κ3) is 2.40. The largest absolute Gasteiger partial charge is 0.397 e. The van der Waals surface area contributed by atoms with E-state index in [1.807, 2.05) is 0 Å². The van der Waals surface area contributed by atoms with Crippen LogP contribution in [0.1, 0.15) is 19.3 Å². The molecule has 0 amide bonds. The van der Waals surface area contributed by atoms with Crippen LogP contribution in [0.15, 0.2) is 12.1 Å². The highest BCUT2D eigenvalue weighted by molar-refractivity contribution is 6.42. The zero-order valence-corrected chi connectivity index (χ0v) is 11.5. The normalized spacial score (nSPS) is 27.4. The third-order valence-corrected chi connectivity index (χ3v) is 4.38. The van der Waals surface area contributed by atoms with Gasteiger partial charge in [0.05, 0.1) is 33.6 Å². The van der Waals surface area contributed by atoms with Gasteiger partial charge in [0.2, 0.25) is 0 Å². The van der Waals surface area contributed by atoms with Crippen molar-refractivity contribution < 1.29 is 4.74 Å². The van der Waals surface area contributed by atoms with Crippen LogP contribution in [-0.2, 0) is 4.74 Å². The summed E-state index contributed by atoms with van der Waals surface area (Å²) in [5, 5.41) is 4.47. The van der Waals surface area contributed by atoms with E-state index >= 15 is 0 Å². The van der Waals surface area contributed by atoms with E-state index in [1.54, 1.807) is 12.1 Å². The molecule has 1 aromatic carbocycles. The van der Waals surface area contributed by atoms with Crippen molar-refractivity contribution in [2.75, 3.05) is 17.7 Å². The summed E-state index contributed by atoms with van der Waals surface area (Å²) >= 11 is 12.0. The van der Waals surface area contributed by atoms with Crippen molar-refractivity contribution in [2.45, 2.75) is 31.4 Å². The molecule has 2 unspecified atom stereocenters. The summed E-state index contributed by atoms with van der Waals surface area (Å²) in [6, 6.07) is 3.81. The number of nitrogens with two attached hydrogens (primary N) is 1. The lowest BCUT2D eigenvalue weighted by molar-refractivity contribution is 0.0898. The Morgan fingerprint density at radius 2 is 1.89 bits per heavy atom. The first-order chi connectivity index (χ1) is 8.65. The summed E-state index contributed by atoms with van der Waals surface area (Å²) in [5.41, 5.74) is 7.44. The van der Waals surface area contributed by atoms with Crippen LogP contribution in [-0.4, -0.2) is 18.8 Å². The second-order valence-corrected chi connectivity index (χ2v) is 5.88. The van der Waals surface area contributed by atoms with Crippen LogP contribution in [0, 0.1) is 5.92 Å². The SMILES string of the molecule is Nc1cc(Cl)c(Cl)cc1NC1CCOC1C1CC1. The van der Waals surface area contributed by atoms with Crippen molar-refractivity contribution >= 4 is 34.6 Å². The van der Waals surface area contributed by atoms with Gasteiger partial charge in [0.1, 0.15) is 0 Å². The molecule has 0 radical (unpaired) electrons. The molecular formula is C13H16Cl2N2O. The van der Waals surface area contributed by atoms with Crippen molar-refractivity contribution in [2.24, 2.45) is 5.92 Å². The summed E-state index contributed by atoms with van der Waals surface area (Å²) in [7, 11) is 0. The smallest absolute Gasteiger partial charge is 0.0804 e. The average Bonchev–Trinajstić information content (AvgIpc) is 3.07. The van der Waals surface area contributed by atoms with E-state index in [1.165, 1.54) is 12.8 Å². The number of ether oxygens (including phenoxy) is 1. The monoisotopic (exact) mass is 286 g/mol. The van der Waals surface area contributed by atoms with Gasteiger partial charge in [-0.2, -0.15) is 0 Å². The van der Waals surface area contributed by atoms with Crippen molar-refractivity contribution in [3.8, 4) is 0 Å². The number of anilines is 2. The summed E-state index contributed by atoms with van der Waals surface area (Å²) in [6.45, 7) is 0.820. The first kappa shape index (κ1) is 12.4. The summed E-state index contributed by atoms with van der Waals surface area (Å²) < 4.78 is 5.79. The fourth-order valence-electron chi connectivity index (χ4n) is 2.54. The van der Waals surface area contributed by atoms with Gasteiger partial charge in [0.15, 0.2) is 0 Å². The Morgan fingerprint density at radius 3 is 2.61 bits per heavy atom. The fourth-order valence-corrected chi connectivity index (χ4v) is 2.88. The number of benzene rings is 1. The van der Waals surface area contributed by atoms with Gasteiger partial charge >= 0.3 is 0 Å². The van der Waals surface area contributed by atoms with Gasteiger partial charge in [0, 0.05) is 6.61 Å². The standard InChI is InChI=1S/C13H16Cl2N2O/c14-8-5-10(16)12(6-9(8)15)17-11-3-4-18-13(11)7-1-2-7/h5-7,11,13,17H,1-4,16H2. The zero-order valence-electron chi connectivity index (χ0n) is 9.96. The predicted octanol–water partition coefficient (Wildman–Crippen LogP) is 3.56. The molecule has 2 aliphatic rings. The number of nitrogen functional groups attached to an aromatic ring is 1. The van der Waals surface area contributed by atoms with Gasteiger partial charge < -0.3 is 15.8 Å². The molecular weight excluding hydrogens is 271 g/mol. The Hall–Kier alpha value is -0.640. The van der Waals surface area contributed by atoms with E-state index < -0.39 is 0 Å².